The largest absolute Gasteiger partial charge is 0.573 e. The van der Waals surface area contributed by atoms with Crippen LogP contribution in [-0.2, 0) is 6.42 Å². The van der Waals surface area contributed by atoms with Crippen LogP contribution < -0.4 is 4.74 Å². The molecule has 0 aliphatic rings. The number of hydrogen-bond donors (Lipinski definition) is 0. The number of hydrogen-bond acceptors (Lipinski definition) is 2. The van der Waals surface area contributed by atoms with Gasteiger partial charge in [0.2, 0.25) is 0 Å². The molecule has 0 saturated carbocycles. The number of fused-ring (bicyclic) bond motifs is 1. The standard InChI is InChI=1S/C12H10F3NO/c1-2-9-4-3-8-7-10(17-12(13,14)15)5-6-11(8)16-9/h3-7H,2H2,1H3. The van der Waals surface area contributed by atoms with Gasteiger partial charge >= 0.3 is 6.36 Å². The highest BCUT2D eigenvalue weighted by Crippen LogP contribution is 2.25. The third kappa shape index (κ3) is 2.87. The monoisotopic (exact) mass is 241 g/mol. The van der Waals surface area contributed by atoms with E-state index in [9.17, 15) is 13.2 Å². The van der Waals surface area contributed by atoms with Gasteiger partial charge in [0, 0.05) is 11.1 Å². The van der Waals surface area contributed by atoms with Gasteiger partial charge in [0.05, 0.1) is 5.52 Å². The first kappa shape index (κ1) is 11.7. The van der Waals surface area contributed by atoms with Gasteiger partial charge in [-0.1, -0.05) is 13.0 Å². The first-order chi connectivity index (χ1) is 7.98. The number of aryl methyl sites for hydroxylation is 1. The van der Waals surface area contributed by atoms with E-state index in [1.54, 1.807) is 12.1 Å². The second kappa shape index (κ2) is 4.24. The van der Waals surface area contributed by atoms with Crippen LogP contribution in [0, 0.1) is 0 Å². The number of alkyl halides is 3. The van der Waals surface area contributed by atoms with Gasteiger partial charge in [0.25, 0.3) is 0 Å². The molecule has 0 aliphatic heterocycles. The number of aromatic nitrogens is 1. The van der Waals surface area contributed by atoms with Crippen LogP contribution in [0.2, 0.25) is 0 Å². The molecule has 2 aromatic rings. The molecule has 0 aliphatic carbocycles. The summed E-state index contributed by atoms with van der Waals surface area (Å²) >= 11 is 0. The zero-order valence-corrected chi connectivity index (χ0v) is 9.08. The van der Waals surface area contributed by atoms with Crippen molar-refractivity contribution in [1.82, 2.24) is 4.98 Å². The Morgan fingerprint density at radius 1 is 1.18 bits per heavy atom. The van der Waals surface area contributed by atoms with E-state index < -0.39 is 6.36 Å². The van der Waals surface area contributed by atoms with Crippen molar-refractivity contribution in [3.05, 3.63) is 36.0 Å². The molecule has 17 heavy (non-hydrogen) atoms. The van der Waals surface area contributed by atoms with Crippen LogP contribution in [0.25, 0.3) is 10.9 Å². The van der Waals surface area contributed by atoms with Crippen LogP contribution in [0.3, 0.4) is 0 Å². The third-order valence-electron chi connectivity index (χ3n) is 2.31. The minimum atomic E-state index is -4.66. The highest BCUT2D eigenvalue weighted by atomic mass is 19.4. The molecule has 1 aromatic heterocycles. The predicted octanol–water partition coefficient (Wildman–Crippen LogP) is 3.70. The van der Waals surface area contributed by atoms with Crippen LogP contribution in [0.4, 0.5) is 13.2 Å². The molecule has 0 atom stereocenters. The number of benzene rings is 1. The number of pyridine rings is 1. The van der Waals surface area contributed by atoms with Crippen molar-refractivity contribution in [2.45, 2.75) is 19.7 Å². The molecule has 0 spiro atoms. The average molecular weight is 241 g/mol. The SMILES string of the molecule is CCc1ccc2cc(OC(F)(F)F)ccc2n1. The molecule has 0 bridgehead atoms. The zero-order chi connectivity index (χ0) is 12.5. The van der Waals surface area contributed by atoms with E-state index in [0.717, 1.165) is 12.1 Å². The normalized spacial score (nSPS) is 11.8. The van der Waals surface area contributed by atoms with Gasteiger partial charge in [-0.15, -0.1) is 13.2 Å². The van der Waals surface area contributed by atoms with Gasteiger partial charge in [-0.05, 0) is 30.7 Å². The summed E-state index contributed by atoms with van der Waals surface area (Å²) in [7, 11) is 0. The van der Waals surface area contributed by atoms with Crippen LogP contribution in [0.15, 0.2) is 30.3 Å². The van der Waals surface area contributed by atoms with Crippen LogP contribution >= 0.6 is 0 Å². The number of rotatable bonds is 2. The fourth-order valence-corrected chi connectivity index (χ4v) is 1.54. The minimum absolute atomic E-state index is 0.226. The Morgan fingerprint density at radius 3 is 2.59 bits per heavy atom. The molecule has 5 heteroatoms. The van der Waals surface area contributed by atoms with Gasteiger partial charge in [-0.2, -0.15) is 0 Å². The first-order valence-electron chi connectivity index (χ1n) is 5.13. The Labute approximate surface area is 96.0 Å². The Kier molecular flexibility index (Phi) is 2.92. The highest BCUT2D eigenvalue weighted by Gasteiger charge is 2.31. The van der Waals surface area contributed by atoms with Gasteiger partial charge < -0.3 is 4.74 Å². The maximum atomic E-state index is 12.0. The maximum absolute atomic E-state index is 12.0. The lowest BCUT2D eigenvalue weighted by atomic mass is 10.2. The van der Waals surface area contributed by atoms with E-state index in [1.807, 2.05) is 6.92 Å². The van der Waals surface area contributed by atoms with Crippen LogP contribution in [-0.4, -0.2) is 11.3 Å². The smallest absolute Gasteiger partial charge is 0.406 e. The predicted molar refractivity (Wildman–Crippen MR) is 57.8 cm³/mol. The van der Waals surface area contributed by atoms with Gasteiger partial charge in [-0.3, -0.25) is 4.98 Å². The minimum Gasteiger partial charge on any atom is -0.406 e. The Hall–Kier alpha value is -1.78. The molecule has 2 rings (SSSR count). The fraction of sp³-hybridized carbons (Fsp3) is 0.250. The molecule has 0 radical (unpaired) electrons. The van der Waals surface area contributed by atoms with Crippen molar-refractivity contribution >= 4 is 10.9 Å². The van der Waals surface area contributed by atoms with Gasteiger partial charge in [0.1, 0.15) is 5.75 Å². The molecule has 0 amide bonds. The van der Waals surface area contributed by atoms with Crippen molar-refractivity contribution in [2.24, 2.45) is 0 Å². The maximum Gasteiger partial charge on any atom is 0.573 e. The Bertz CT molecular complexity index is 537. The molecule has 1 aromatic carbocycles. The molecule has 0 N–H and O–H groups in total. The molecule has 0 fully saturated rings. The number of ether oxygens (including phenoxy) is 1. The highest BCUT2D eigenvalue weighted by molar-refractivity contribution is 5.80. The summed E-state index contributed by atoms with van der Waals surface area (Å²) in [6.07, 6.45) is -3.87. The summed E-state index contributed by atoms with van der Waals surface area (Å²) < 4.78 is 39.9. The average Bonchev–Trinajstić information content (AvgIpc) is 2.26. The van der Waals surface area contributed by atoms with E-state index in [2.05, 4.69) is 9.72 Å². The van der Waals surface area contributed by atoms with E-state index >= 15 is 0 Å². The van der Waals surface area contributed by atoms with Crippen molar-refractivity contribution in [3.63, 3.8) is 0 Å². The van der Waals surface area contributed by atoms with E-state index in [1.165, 1.54) is 18.2 Å². The molecule has 0 saturated heterocycles. The molecule has 2 nitrogen and oxygen atoms in total. The van der Waals surface area contributed by atoms with Crippen LogP contribution in [0.1, 0.15) is 12.6 Å². The Balaban J connectivity index is 2.38. The van der Waals surface area contributed by atoms with Crippen molar-refractivity contribution in [3.8, 4) is 5.75 Å². The van der Waals surface area contributed by atoms with E-state index in [0.29, 0.717) is 10.9 Å². The fourth-order valence-electron chi connectivity index (χ4n) is 1.54. The molecule has 90 valence electrons. The lowest BCUT2D eigenvalue weighted by Crippen LogP contribution is -2.17. The quantitative estimate of drug-likeness (QED) is 0.799. The summed E-state index contributed by atoms with van der Waals surface area (Å²) in [5.41, 5.74) is 1.57. The molecule has 1 heterocycles. The van der Waals surface area contributed by atoms with Gasteiger partial charge in [0.15, 0.2) is 0 Å². The van der Waals surface area contributed by atoms with E-state index in [-0.39, 0.29) is 5.75 Å². The van der Waals surface area contributed by atoms with E-state index in [4.69, 9.17) is 0 Å². The number of halogens is 3. The summed E-state index contributed by atoms with van der Waals surface area (Å²) in [6.45, 7) is 1.97. The van der Waals surface area contributed by atoms with Crippen molar-refractivity contribution < 1.29 is 17.9 Å². The van der Waals surface area contributed by atoms with Crippen molar-refractivity contribution in [1.29, 1.82) is 0 Å². The number of nitrogens with zero attached hydrogens (tertiary/aromatic N) is 1. The topological polar surface area (TPSA) is 22.1 Å². The summed E-state index contributed by atoms with van der Waals surface area (Å²) in [6, 6.07) is 7.65. The molecular weight excluding hydrogens is 231 g/mol. The first-order valence-corrected chi connectivity index (χ1v) is 5.13. The summed E-state index contributed by atoms with van der Waals surface area (Å²) in [4.78, 5) is 4.29. The summed E-state index contributed by atoms with van der Waals surface area (Å²) in [5.74, 6) is -0.226. The lowest BCUT2D eigenvalue weighted by molar-refractivity contribution is -0.274. The summed E-state index contributed by atoms with van der Waals surface area (Å²) in [5, 5.41) is 0.629. The zero-order valence-electron chi connectivity index (χ0n) is 9.08. The van der Waals surface area contributed by atoms with Crippen molar-refractivity contribution in [2.75, 3.05) is 0 Å². The van der Waals surface area contributed by atoms with Crippen LogP contribution in [0.5, 0.6) is 5.75 Å². The lowest BCUT2D eigenvalue weighted by Gasteiger charge is -2.09. The Morgan fingerprint density at radius 2 is 1.94 bits per heavy atom. The second-order valence-electron chi connectivity index (χ2n) is 3.56. The third-order valence-corrected chi connectivity index (χ3v) is 2.31. The molecule has 0 unspecified atom stereocenters. The second-order valence-corrected chi connectivity index (χ2v) is 3.56. The van der Waals surface area contributed by atoms with Gasteiger partial charge in [-0.25, -0.2) is 0 Å². The molecular formula is C12H10F3NO.